The molecule has 1 atom stereocenters. The van der Waals surface area contributed by atoms with Gasteiger partial charge in [-0.2, -0.15) is 0 Å². The molecule has 1 saturated heterocycles. The number of hydrogen-bond donors (Lipinski definition) is 2. The van der Waals surface area contributed by atoms with E-state index in [0.717, 1.165) is 25.9 Å². The van der Waals surface area contributed by atoms with Gasteiger partial charge in [-0.3, -0.25) is 4.98 Å². The van der Waals surface area contributed by atoms with Crippen molar-refractivity contribution in [3.8, 4) is 11.5 Å². The number of aromatic nitrogens is 4. The number of hydrogen-bond acceptors (Lipinski definition) is 6. The van der Waals surface area contributed by atoms with Crippen molar-refractivity contribution in [3.63, 3.8) is 0 Å². The molecule has 0 spiro atoms. The van der Waals surface area contributed by atoms with E-state index in [2.05, 4.69) is 15.1 Å². The molecule has 2 N–H and O–H groups in total. The Morgan fingerprint density at radius 2 is 2.15 bits per heavy atom. The van der Waals surface area contributed by atoms with Gasteiger partial charge in [0.2, 0.25) is 0 Å². The van der Waals surface area contributed by atoms with Crippen molar-refractivity contribution in [3.05, 3.63) is 24.7 Å². The van der Waals surface area contributed by atoms with Gasteiger partial charge in [0.15, 0.2) is 12.1 Å². The van der Waals surface area contributed by atoms with E-state index in [9.17, 15) is 0 Å². The van der Waals surface area contributed by atoms with Gasteiger partial charge in [-0.05, 0) is 25.3 Å². The van der Waals surface area contributed by atoms with Crippen molar-refractivity contribution in [2.75, 3.05) is 6.61 Å². The number of nitrogens with zero attached hydrogens (tertiary/aromatic N) is 4. The van der Waals surface area contributed by atoms with Gasteiger partial charge in [0.25, 0.3) is 0 Å². The molecule has 3 rings (SSSR count). The molecule has 20 heavy (non-hydrogen) atoms. The zero-order valence-corrected chi connectivity index (χ0v) is 10.9. The van der Waals surface area contributed by atoms with E-state index in [-0.39, 0.29) is 6.23 Å². The Balaban J connectivity index is 1.78. The summed E-state index contributed by atoms with van der Waals surface area (Å²) < 4.78 is 7.35. The minimum atomic E-state index is -1.52. The van der Waals surface area contributed by atoms with E-state index in [1.54, 1.807) is 23.1 Å². The Morgan fingerprint density at radius 3 is 2.80 bits per heavy atom. The third-order valence-corrected chi connectivity index (χ3v) is 3.27. The Kier molecular flexibility index (Phi) is 3.77. The van der Waals surface area contributed by atoms with E-state index in [1.807, 2.05) is 0 Å². The molecule has 3 heterocycles. The first-order valence-electron chi connectivity index (χ1n) is 6.59. The van der Waals surface area contributed by atoms with Crippen LogP contribution in [0.25, 0.3) is 11.5 Å². The highest BCUT2D eigenvalue weighted by atomic mass is 16.5. The SMILES string of the molecule is OB(O)c1ccc(-c2ncn(C3CCCCO3)n2)nc1. The molecule has 0 bridgehead atoms. The molecule has 2 aromatic rings. The molecule has 0 radical (unpaired) electrons. The van der Waals surface area contributed by atoms with E-state index in [1.165, 1.54) is 6.20 Å². The molecule has 0 aliphatic carbocycles. The van der Waals surface area contributed by atoms with E-state index in [4.69, 9.17) is 14.8 Å². The van der Waals surface area contributed by atoms with Gasteiger partial charge in [-0.15, -0.1) is 5.10 Å². The molecular formula is C12H15BN4O3. The Bertz CT molecular complexity index is 566. The van der Waals surface area contributed by atoms with E-state index in [0.29, 0.717) is 17.0 Å². The van der Waals surface area contributed by atoms with Crippen LogP contribution < -0.4 is 5.46 Å². The van der Waals surface area contributed by atoms with Gasteiger partial charge in [0.1, 0.15) is 12.0 Å². The third-order valence-electron chi connectivity index (χ3n) is 3.27. The summed E-state index contributed by atoms with van der Waals surface area (Å²) in [6.07, 6.45) is 6.14. The van der Waals surface area contributed by atoms with Crippen molar-refractivity contribution in [1.29, 1.82) is 0 Å². The first kappa shape index (κ1) is 13.2. The molecule has 7 nitrogen and oxygen atoms in total. The second kappa shape index (κ2) is 5.70. The summed E-state index contributed by atoms with van der Waals surface area (Å²) in [5.74, 6) is 0.498. The highest BCUT2D eigenvalue weighted by Crippen LogP contribution is 2.22. The fourth-order valence-corrected chi connectivity index (χ4v) is 2.15. The van der Waals surface area contributed by atoms with Crippen molar-refractivity contribution in [2.24, 2.45) is 0 Å². The van der Waals surface area contributed by atoms with Crippen LogP contribution >= 0.6 is 0 Å². The predicted molar refractivity (Wildman–Crippen MR) is 71.9 cm³/mol. The summed E-state index contributed by atoms with van der Waals surface area (Å²) in [7, 11) is -1.52. The molecule has 104 valence electrons. The number of ether oxygens (including phenoxy) is 1. The monoisotopic (exact) mass is 274 g/mol. The Morgan fingerprint density at radius 1 is 1.25 bits per heavy atom. The van der Waals surface area contributed by atoms with Gasteiger partial charge < -0.3 is 14.8 Å². The minimum absolute atomic E-state index is 0.0523. The van der Waals surface area contributed by atoms with Gasteiger partial charge in [-0.25, -0.2) is 9.67 Å². The molecule has 0 saturated carbocycles. The van der Waals surface area contributed by atoms with Crippen LogP contribution in [0.5, 0.6) is 0 Å². The van der Waals surface area contributed by atoms with Crippen LogP contribution in [0.1, 0.15) is 25.5 Å². The van der Waals surface area contributed by atoms with Crippen LogP contribution in [0, 0.1) is 0 Å². The first-order chi connectivity index (χ1) is 9.74. The fraction of sp³-hybridized carbons (Fsp3) is 0.417. The molecule has 2 aromatic heterocycles. The summed E-state index contributed by atoms with van der Waals surface area (Å²) >= 11 is 0. The predicted octanol–water partition coefficient (Wildman–Crippen LogP) is -0.281. The second-order valence-electron chi connectivity index (χ2n) is 4.72. The molecule has 0 amide bonds. The van der Waals surface area contributed by atoms with Crippen molar-refractivity contribution in [1.82, 2.24) is 19.7 Å². The van der Waals surface area contributed by atoms with Gasteiger partial charge in [0, 0.05) is 18.3 Å². The first-order valence-corrected chi connectivity index (χ1v) is 6.59. The average Bonchev–Trinajstić information content (AvgIpc) is 2.98. The lowest BCUT2D eigenvalue weighted by molar-refractivity contribution is -0.0395. The zero-order valence-electron chi connectivity index (χ0n) is 10.9. The summed E-state index contributed by atoms with van der Waals surface area (Å²) in [4.78, 5) is 8.35. The number of pyridine rings is 1. The summed E-state index contributed by atoms with van der Waals surface area (Å²) in [6, 6.07) is 3.25. The largest absolute Gasteiger partial charge is 0.490 e. The van der Waals surface area contributed by atoms with E-state index >= 15 is 0 Å². The van der Waals surface area contributed by atoms with Crippen LogP contribution in [0.4, 0.5) is 0 Å². The minimum Gasteiger partial charge on any atom is -0.423 e. The van der Waals surface area contributed by atoms with Crippen molar-refractivity contribution in [2.45, 2.75) is 25.5 Å². The molecule has 1 fully saturated rings. The lowest BCUT2D eigenvalue weighted by atomic mass is 9.82. The third kappa shape index (κ3) is 2.72. The molecule has 1 aliphatic heterocycles. The second-order valence-corrected chi connectivity index (χ2v) is 4.72. The van der Waals surface area contributed by atoms with Crippen LogP contribution in [0.3, 0.4) is 0 Å². The lowest BCUT2D eigenvalue weighted by Crippen LogP contribution is -2.29. The highest BCUT2D eigenvalue weighted by Gasteiger charge is 2.18. The molecule has 8 heteroatoms. The zero-order chi connectivity index (χ0) is 13.9. The Labute approximate surface area is 116 Å². The maximum absolute atomic E-state index is 9.02. The van der Waals surface area contributed by atoms with Gasteiger partial charge in [-0.1, -0.05) is 6.07 Å². The van der Waals surface area contributed by atoms with Crippen LogP contribution in [0.2, 0.25) is 0 Å². The Hall–Kier alpha value is -1.77. The van der Waals surface area contributed by atoms with Crippen molar-refractivity contribution < 1.29 is 14.8 Å². The maximum Gasteiger partial charge on any atom is 0.490 e. The quantitative estimate of drug-likeness (QED) is 0.748. The average molecular weight is 274 g/mol. The lowest BCUT2D eigenvalue weighted by Gasteiger charge is -2.21. The maximum atomic E-state index is 9.02. The van der Waals surface area contributed by atoms with Crippen LogP contribution in [0.15, 0.2) is 24.7 Å². The number of rotatable bonds is 3. The smallest absolute Gasteiger partial charge is 0.423 e. The normalized spacial score (nSPS) is 19.0. The van der Waals surface area contributed by atoms with Crippen LogP contribution in [-0.2, 0) is 4.74 Å². The fourth-order valence-electron chi connectivity index (χ4n) is 2.15. The standard InChI is InChI=1S/C12H15BN4O3/c18-13(19)9-4-5-10(14-7-9)12-15-8-17(16-12)11-3-1-2-6-20-11/h4-5,7-8,11,18-19H,1-3,6H2. The van der Waals surface area contributed by atoms with Gasteiger partial charge in [0.05, 0.1) is 0 Å². The van der Waals surface area contributed by atoms with Crippen molar-refractivity contribution >= 4 is 12.6 Å². The summed E-state index contributed by atoms with van der Waals surface area (Å²) in [5.41, 5.74) is 0.924. The van der Waals surface area contributed by atoms with E-state index < -0.39 is 7.12 Å². The topological polar surface area (TPSA) is 93.3 Å². The highest BCUT2D eigenvalue weighted by molar-refractivity contribution is 6.58. The molecule has 0 aromatic carbocycles. The van der Waals surface area contributed by atoms with Gasteiger partial charge >= 0.3 is 7.12 Å². The summed E-state index contributed by atoms with van der Waals surface area (Å²) in [5, 5.41) is 22.4. The van der Waals surface area contributed by atoms with Crippen LogP contribution in [-0.4, -0.2) is 43.5 Å². The molecular weight excluding hydrogens is 259 g/mol. The molecule has 1 aliphatic rings. The molecule has 1 unspecified atom stereocenters. The summed E-state index contributed by atoms with van der Waals surface area (Å²) in [6.45, 7) is 0.751.